The van der Waals surface area contributed by atoms with Crippen molar-refractivity contribution in [2.45, 2.75) is 270 Å². The monoisotopic (exact) mass is 923 g/mol. The summed E-state index contributed by atoms with van der Waals surface area (Å²) in [5, 5.41) is 13.8. The van der Waals surface area contributed by atoms with E-state index in [1.54, 1.807) is 6.08 Å². The number of aliphatic hydroxyl groups is 1. The lowest BCUT2D eigenvalue weighted by molar-refractivity contribution is -0.870. The number of allylic oxidation sites excluding steroid dienone is 5. The second-order valence-electron chi connectivity index (χ2n) is 19.9. The van der Waals surface area contributed by atoms with Crippen LogP contribution in [0.3, 0.4) is 0 Å². The number of phosphoric ester groups is 1. The van der Waals surface area contributed by atoms with E-state index in [2.05, 4.69) is 43.5 Å². The highest BCUT2D eigenvalue weighted by Crippen LogP contribution is 2.38. The maximum Gasteiger partial charge on any atom is 0.268 e. The highest BCUT2D eigenvalue weighted by molar-refractivity contribution is 7.45. The average molecular weight is 923 g/mol. The van der Waals surface area contributed by atoms with Crippen molar-refractivity contribution in [1.82, 2.24) is 5.32 Å². The van der Waals surface area contributed by atoms with Gasteiger partial charge >= 0.3 is 0 Å². The summed E-state index contributed by atoms with van der Waals surface area (Å²) in [6.45, 7) is 4.64. The zero-order valence-electron chi connectivity index (χ0n) is 43.0. The summed E-state index contributed by atoms with van der Waals surface area (Å²) in [5.41, 5.74) is 0. The number of quaternary nitrogens is 1. The molecule has 0 aliphatic rings. The van der Waals surface area contributed by atoms with Crippen LogP contribution in [-0.4, -0.2) is 68.5 Å². The quantitative estimate of drug-likeness (QED) is 0.0272. The lowest BCUT2D eigenvalue weighted by Crippen LogP contribution is -2.45. The van der Waals surface area contributed by atoms with E-state index < -0.39 is 26.6 Å². The van der Waals surface area contributed by atoms with Crippen LogP contribution >= 0.6 is 7.82 Å². The first kappa shape index (κ1) is 62.7. The van der Waals surface area contributed by atoms with E-state index in [0.29, 0.717) is 17.4 Å². The van der Waals surface area contributed by atoms with Gasteiger partial charge in [-0.25, -0.2) is 0 Å². The first-order chi connectivity index (χ1) is 31.0. The molecule has 64 heavy (non-hydrogen) atoms. The number of unbranched alkanes of at least 4 members (excludes halogenated alkanes) is 33. The SMILES string of the molecule is CCCCCCCCCC/C=C\CCCCCCCCCCCCCCCCCC(=O)NC(COP(=O)([O-])OCC[N+](C)(C)C)C(O)/C=C/CC/C=C/CCCCCCCCCCC. The number of likely N-dealkylation sites (N-methyl/N-ethyl adjacent to an activating group) is 1. The summed E-state index contributed by atoms with van der Waals surface area (Å²) >= 11 is 0. The third-order valence-corrected chi connectivity index (χ3v) is 13.3. The molecule has 0 saturated carbocycles. The maximum absolute atomic E-state index is 12.9. The Morgan fingerprint density at radius 3 is 1.27 bits per heavy atom. The van der Waals surface area contributed by atoms with Crippen molar-refractivity contribution in [2.75, 3.05) is 40.9 Å². The molecule has 0 saturated heterocycles. The Bertz CT molecular complexity index is 1140. The van der Waals surface area contributed by atoms with Crippen LogP contribution in [0.2, 0.25) is 0 Å². The number of carbonyl (C=O) groups excluding carboxylic acids is 1. The summed E-state index contributed by atoms with van der Waals surface area (Å²) in [6.07, 6.45) is 59.3. The molecular formula is C55H107N2O6P. The molecule has 0 aliphatic heterocycles. The standard InChI is InChI=1S/C55H107N2O6P/c1-6-8-10-12-14-16-18-20-22-23-24-25-26-27-28-29-30-31-32-33-35-37-39-41-43-45-47-49-55(59)56-53(52-63-64(60,61)62-51-50-57(3,4)5)54(58)48-46-44-42-40-38-36-34-21-19-17-15-13-11-9-7-2/h23-24,38,40,46,48,53-54,58H,6-22,25-37,39,41-45,47,49-52H2,1-5H3,(H-,56,59,60,61)/b24-23-,40-38+,48-46+. The summed E-state index contributed by atoms with van der Waals surface area (Å²) in [7, 11) is 1.25. The van der Waals surface area contributed by atoms with E-state index in [0.717, 1.165) is 38.5 Å². The largest absolute Gasteiger partial charge is 0.756 e. The molecule has 8 nitrogen and oxygen atoms in total. The summed E-state index contributed by atoms with van der Waals surface area (Å²) in [4.78, 5) is 25.4. The first-order valence-electron chi connectivity index (χ1n) is 27.4. The van der Waals surface area contributed by atoms with Crippen LogP contribution in [0.4, 0.5) is 0 Å². The third-order valence-electron chi connectivity index (χ3n) is 12.3. The fourth-order valence-corrected chi connectivity index (χ4v) is 8.71. The second-order valence-corrected chi connectivity index (χ2v) is 21.3. The number of rotatable bonds is 50. The molecule has 0 aliphatic carbocycles. The van der Waals surface area contributed by atoms with Gasteiger partial charge in [-0.1, -0.05) is 230 Å². The third kappa shape index (κ3) is 48.6. The maximum atomic E-state index is 12.9. The smallest absolute Gasteiger partial charge is 0.268 e. The number of nitrogens with zero attached hydrogens (tertiary/aromatic N) is 1. The van der Waals surface area contributed by atoms with Gasteiger partial charge in [0.25, 0.3) is 7.82 Å². The average Bonchev–Trinajstić information content (AvgIpc) is 3.25. The van der Waals surface area contributed by atoms with Crippen molar-refractivity contribution >= 4 is 13.7 Å². The number of aliphatic hydroxyl groups excluding tert-OH is 1. The van der Waals surface area contributed by atoms with Gasteiger partial charge < -0.3 is 28.8 Å². The molecule has 3 atom stereocenters. The molecular weight excluding hydrogens is 816 g/mol. The minimum absolute atomic E-state index is 0.00536. The molecule has 1 amide bonds. The molecule has 0 fully saturated rings. The second kappa shape index (κ2) is 46.8. The normalized spacial score (nSPS) is 14.3. The van der Waals surface area contributed by atoms with Gasteiger partial charge in [-0.2, -0.15) is 0 Å². The Kier molecular flexibility index (Phi) is 45.9. The number of carbonyl (C=O) groups is 1. The molecule has 0 spiro atoms. The van der Waals surface area contributed by atoms with Crippen molar-refractivity contribution < 1.29 is 32.9 Å². The molecule has 0 heterocycles. The summed E-state index contributed by atoms with van der Waals surface area (Å²) in [5.74, 6) is -0.205. The van der Waals surface area contributed by atoms with Gasteiger partial charge in [0.1, 0.15) is 13.2 Å². The number of nitrogens with one attached hydrogen (secondary N) is 1. The molecule has 0 aromatic heterocycles. The molecule has 0 radical (unpaired) electrons. The lowest BCUT2D eigenvalue weighted by Gasteiger charge is -2.29. The summed E-state index contributed by atoms with van der Waals surface area (Å²) in [6, 6.07) is -0.901. The van der Waals surface area contributed by atoms with Gasteiger partial charge in [0.2, 0.25) is 5.91 Å². The van der Waals surface area contributed by atoms with Gasteiger partial charge in [-0.05, 0) is 57.8 Å². The Balaban J connectivity index is 4.17. The van der Waals surface area contributed by atoms with Crippen molar-refractivity contribution in [2.24, 2.45) is 0 Å². The fraction of sp³-hybridized carbons (Fsp3) is 0.873. The van der Waals surface area contributed by atoms with E-state index in [4.69, 9.17) is 9.05 Å². The van der Waals surface area contributed by atoms with Gasteiger partial charge in [0, 0.05) is 6.42 Å². The van der Waals surface area contributed by atoms with E-state index in [1.165, 1.54) is 199 Å². The van der Waals surface area contributed by atoms with Crippen LogP contribution in [-0.2, 0) is 18.4 Å². The topological polar surface area (TPSA) is 108 Å². The van der Waals surface area contributed by atoms with Crippen LogP contribution in [0.25, 0.3) is 0 Å². The van der Waals surface area contributed by atoms with Crippen molar-refractivity contribution in [1.29, 1.82) is 0 Å². The van der Waals surface area contributed by atoms with E-state index in [-0.39, 0.29) is 12.5 Å². The number of hydrogen-bond donors (Lipinski definition) is 2. The zero-order chi connectivity index (χ0) is 47.1. The number of amides is 1. The van der Waals surface area contributed by atoms with Crippen molar-refractivity contribution in [3.63, 3.8) is 0 Å². The minimum atomic E-state index is -4.60. The molecule has 9 heteroatoms. The zero-order valence-corrected chi connectivity index (χ0v) is 43.9. The predicted molar refractivity (Wildman–Crippen MR) is 275 cm³/mol. The predicted octanol–water partition coefficient (Wildman–Crippen LogP) is 15.6. The van der Waals surface area contributed by atoms with Gasteiger partial charge in [-0.15, -0.1) is 0 Å². The van der Waals surface area contributed by atoms with E-state index >= 15 is 0 Å². The van der Waals surface area contributed by atoms with E-state index in [1.807, 2.05) is 27.2 Å². The Labute approximate surface area is 397 Å². The van der Waals surface area contributed by atoms with Gasteiger partial charge in [-0.3, -0.25) is 9.36 Å². The molecule has 0 bridgehead atoms. The van der Waals surface area contributed by atoms with E-state index in [9.17, 15) is 19.4 Å². The molecule has 0 aromatic carbocycles. The fourth-order valence-electron chi connectivity index (χ4n) is 7.99. The highest BCUT2D eigenvalue weighted by Gasteiger charge is 2.23. The Morgan fingerprint density at radius 1 is 0.531 bits per heavy atom. The van der Waals surface area contributed by atoms with Gasteiger partial charge in [0.15, 0.2) is 0 Å². The lowest BCUT2D eigenvalue weighted by atomic mass is 10.0. The highest BCUT2D eigenvalue weighted by atomic mass is 31.2. The Hall–Kier alpha value is -1.28. The number of phosphoric acid groups is 1. The molecule has 2 N–H and O–H groups in total. The van der Waals surface area contributed by atoms with Crippen LogP contribution in [0, 0.1) is 0 Å². The van der Waals surface area contributed by atoms with Crippen LogP contribution in [0.1, 0.15) is 258 Å². The minimum Gasteiger partial charge on any atom is -0.756 e. The van der Waals surface area contributed by atoms with Crippen LogP contribution < -0.4 is 10.2 Å². The molecule has 3 unspecified atom stereocenters. The molecule has 378 valence electrons. The van der Waals surface area contributed by atoms with Gasteiger partial charge in [0.05, 0.1) is 39.9 Å². The van der Waals surface area contributed by atoms with Crippen LogP contribution in [0.15, 0.2) is 36.5 Å². The van der Waals surface area contributed by atoms with Crippen LogP contribution in [0.5, 0.6) is 0 Å². The first-order valence-corrected chi connectivity index (χ1v) is 28.8. The Morgan fingerprint density at radius 2 is 0.875 bits per heavy atom. The van der Waals surface area contributed by atoms with Crippen molar-refractivity contribution in [3.05, 3.63) is 36.5 Å². The molecule has 0 rings (SSSR count). The van der Waals surface area contributed by atoms with Crippen molar-refractivity contribution in [3.8, 4) is 0 Å². The molecule has 0 aromatic rings. The number of hydrogen-bond acceptors (Lipinski definition) is 6. The summed E-state index contributed by atoms with van der Waals surface area (Å²) < 4.78 is 23.3.